The zero-order valence-electron chi connectivity index (χ0n) is 14.6. The van der Waals surface area contributed by atoms with E-state index in [2.05, 4.69) is 11.1 Å². The van der Waals surface area contributed by atoms with Gasteiger partial charge < -0.3 is 9.47 Å². The molecule has 1 atom stereocenters. The van der Waals surface area contributed by atoms with Gasteiger partial charge in [-0.15, -0.1) is 11.3 Å². The molecule has 2 aromatic carbocycles. The van der Waals surface area contributed by atoms with Crippen molar-refractivity contribution in [3.63, 3.8) is 0 Å². The predicted molar refractivity (Wildman–Crippen MR) is 101 cm³/mol. The van der Waals surface area contributed by atoms with Crippen LogP contribution in [0, 0.1) is 17.2 Å². The molecule has 3 rings (SSSR count). The Labute approximate surface area is 155 Å². The fraction of sp³-hybridized carbons (Fsp3) is 0.250. The van der Waals surface area contributed by atoms with Gasteiger partial charge in [0.15, 0.2) is 0 Å². The third kappa shape index (κ3) is 3.68. The van der Waals surface area contributed by atoms with Crippen LogP contribution in [0.2, 0.25) is 0 Å². The molecular weight excluding hydrogens is 348 g/mol. The summed E-state index contributed by atoms with van der Waals surface area (Å²) in [6, 6.07) is 13.3. The molecular formula is C20H18N2O3S. The third-order valence-electron chi connectivity index (χ3n) is 3.94. The van der Waals surface area contributed by atoms with Gasteiger partial charge in [0.25, 0.3) is 0 Å². The summed E-state index contributed by atoms with van der Waals surface area (Å²) >= 11 is 1.53. The maximum Gasteiger partial charge on any atom is 0.312 e. The van der Waals surface area contributed by atoms with Gasteiger partial charge in [0.1, 0.15) is 12.4 Å². The molecule has 0 aliphatic rings. The number of aromatic nitrogens is 1. The van der Waals surface area contributed by atoms with E-state index >= 15 is 0 Å². The fourth-order valence-electron chi connectivity index (χ4n) is 2.58. The minimum Gasteiger partial charge on any atom is -0.492 e. The van der Waals surface area contributed by atoms with Gasteiger partial charge in [-0.05, 0) is 43.7 Å². The number of hydrogen-bond donors (Lipinski definition) is 0. The molecule has 0 aliphatic carbocycles. The van der Waals surface area contributed by atoms with Crippen LogP contribution < -0.4 is 4.74 Å². The Morgan fingerprint density at radius 2 is 2.04 bits per heavy atom. The molecule has 0 saturated heterocycles. The van der Waals surface area contributed by atoms with E-state index < -0.39 is 0 Å². The van der Waals surface area contributed by atoms with Crippen LogP contribution in [-0.2, 0) is 9.53 Å². The maximum absolute atomic E-state index is 11.8. The third-order valence-corrected chi connectivity index (χ3v) is 4.80. The first kappa shape index (κ1) is 17.9. The van der Waals surface area contributed by atoms with E-state index in [1.54, 1.807) is 31.5 Å². The lowest BCUT2D eigenvalue weighted by Crippen LogP contribution is -2.21. The van der Waals surface area contributed by atoms with Gasteiger partial charge in [-0.2, -0.15) is 5.26 Å². The van der Waals surface area contributed by atoms with E-state index in [0.29, 0.717) is 17.9 Å². The summed E-state index contributed by atoms with van der Waals surface area (Å²) in [7, 11) is 0. The van der Waals surface area contributed by atoms with Crippen molar-refractivity contribution in [2.45, 2.75) is 13.8 Å². The van der Waals surface area contributed by atoms with Crippen molar-refractivity contribution < 1.29 is 14.3 Å². The van der Waals surface area contributed by atoms with Crippen molar-refractivity contribution in [3.8, 4) is 22.9 Å². The van der Waals surface area contributed by atoms with E-state index in [-0.39, 0.29) is 18.5 Å². The first-order chi connectivity index (χ1) is 12.6. The van der Waals surface area contributed by atoms with Crippen molar-refractivity contribution >= 4 is 27.5 Å². The highest BCUT2D eigenvalue weighted by Crippen LogP contribution is 2.39. The number of carbonyl (C=O) groups excluding carboxylic acids is 1. The number of carbonyl (C=O) groups is 1. The summed E-state index contributed by atoms with van der Waals surface area (Å²) in [5, 5.41) is 9.01. The Morgan fingerprint density at radius 1 is 1.27 bits per heavy atom. The van der Waals surface area contributed by atoms with E-state index in [1.165, 1.54) is 11.3 Å². The molecule has 5 nitrogen and oxygen atoms in total. The molecule has 6 heteroatoms. The summed E-state index contributed by atoms with van der Waals surface area (Å²) in [6.45, 7) is 4.15. The minimum absolute atomic E-state index is 0.229. The Bertz CT molecular complexity index is 957. The average molecular weight is 366 g/mol. The highest BCUT2D eigenvalue weighted by atomic mass is 32.1. The van der Waals surface area contributed by atoms with Crippen LogP contribution in [0.25, 0.3) is 21.3 Å². The molecule has 1 unspecified atom stereocenters. The molecule has 26 heavy (non-hydrogen) atoms. The lowest BCUT2D eigenvalue weighted by atomic mass is 10.0. The molecule has 3 aromatic rings. The molecule has 132 valence electrons. The van der Waals surface area contributed by atoms with E-state index in [0.717, 1.165) is 21.3 Å². The van der Waals surface area contributed by atoms with Crippen LogP contribution in [-0.4, -0.2) is 24.2 Å². The lowest BCUT2D eigenvalue weighted by molar-refractivity contribution is -0.148. The Balaban J connectivity index is 1.95. The lowest BCUT2D eigenvalue weighted by Gasteiger charge is -2.15. The Kier molecular flexibility index (Phi) is 5.49. The van der Waals surface area contributed by atoms with Crippen molar-refractivity contribution in [2.24, 2.45) is 5.92 Å². The fourth-order valence-corrected chi connectivity index (χ4v) is 3.43. The van der Waals surface area contributed by atoms with Gasteiger partial charge in [-0.25, -0.2) is 4.98 Å². The summed E-state index contributed by atoms with van der Waals surface area (Å²) < 4.78 is 12.0. The Morgan fingerprint density at radius 3 is 2.73 bits per heavy atom. The Hall–Kier alpha value is -2.91. The van der Waals surface area contributed by atoms with Crippen LogP contribution in [0.3, 0.4) is 0 Å². The second kappa shape index (κ2) is 7.98. The average Bonchev–Trinajstić information content (AvgIpc) is 3.14. The molecule has 0 aliphatic heterocycles. The quantitative estimate of drug-likeness (QED) is 0.604. The van der Waals surface area contributed by atoms with E-state index in [4.69, 9.17) is 14.7 Å². The predicted octanol–water partition coefficient (Wildman–Crippen LogP) is 4.41. The molecule has 0 fully saturated rings. The van der Waals surface area contributed by atoms with Crippen LogP contribution in [0.4, 0.5) is 0 Å². The first-order valence-electron chi connectivity index (χ1n) is 8.30. The molecule has 0 bridgehead atoms. The number of nitrogens with zero attached hydrogens (tertiary/aromatic N) is 2. The number of rotatable bonds is 6. The van der Waals surface area contributed by atoms with Gasteiger partial charge in [-0.1, -0.05) is 12.1 Å². The number of thiazole rings is 1. The first-order valence-corrected chi connectivity index (χ1v) is 9.18. The van der Waals surface area contributed by atoms with Crippen LogP contribution in [0.5, 0.6) is 5.75 Å². The number of nitriles is 1. The standard InChI is InChI=1S/C20H18N2O3S/c1-3-24-20(23)13(2)11-25-17-9-8-16-19(26-12-22-16)18(17)15-6-4-14(10-21)5-7-15/h4-9,12-13H,3,11H2,1-2H3. The molecule has 1 heterocycles. The molecule has 0 spiro atoms. The SMILES string of the molecule is CCOC(=O)C(C)COc1ccc2ncsc2c1-c1ccc(C#N)cc1. The second-order valence-electron chi connectivity index (χ2n) is 5.79. The summed E-state index contributed by atoms with van der Waals surface area (Å²) in [5.41, 5.74) is 5.15. The van der Waals surface area contributed by atoms with Crippen molar-refractivity contribution in [2.75, 3.05) is 13.2 Å². The summed E-state index contributed by atoms with van der Waals surface area (Å²) in [4.78, 5) is 16.2. The van der Waals surface area contributed by atoms with Crippen LogP contribution >= 0.6 is 11.3 Å². The maximum atomic E-state index is 11.8. The number of ether oxygens (including phenoxy) is 2. The van der Waals surface area contributed by atoms with Gasteiger partial charge in [-0.3, -0.25) is 4.79 Å². The van der Waals surface area contributed by atoms with E-state index in [1.807, 2.05) is 24.3 Å². The molecule has 0 amide bonds. The highest BCUT2D eigenvalue weighted by Gasteiger charge is 2.18. The largest absolute Gasteiger partial charge is 0.492 e. The smallest absolute Gasteiger partial charge is 0.312 e. The van der Waals surface area contributed by atoms with E-state index in [9.17, 15) is 4.79 Å². The highest BCUT2D eigenvalue weighted by molar-refractivity contribution is 7.17. The minimum atomic E-state index is -0.360. The van der Waals surface area contributed by atoms with Gasteiger partial charge >= 0.3 is 5.97 Å². The summed E-state index contributed by atoms with van der Waals surface area (Å²) in [5.74, 6) is 0.0508. The summed E-state index contributed by atoms with van der Waals surface area (Å²) in [6.07, 6.45) is 0. The van der Waals surface area contributed by atoms with Crippen LogP contribution in [0.1, 0.15) is 19.4 Å². The van der Waals surface area contributed by atoms with Crippen molar-refractivity contribution in [3.05, 3.63) is 47.5 Å². The number of fused-ring (bicyclic) bond motifs is 1. The normalized spacial score (nSPS) is 11.7. The van der Waals surface area contributed by atoms with Crippen molar-refractivity contribution in [1.82, 2.24) is 4.98 Å². The van der Waals surface area contributed by atoms with Gasteiger partial charge in [0.05, 0.1) is 39.9 Å². The zero-order valence-corrected chi connectivity index (χ0v) is 15.4. The number of esters is 1. The second-order valence-corrected chi connectivity index (χ2v) is 6.65. The van der Waals surface area contributed by atoms with Crippen molar-refractivity contribution in [1.29, 1.82) is 5.26 Å². The molecule has 1 aromatic heterocycles. The van der Waals surface area contributed by atoms with Crippen LogP contribution in [0.15, 0.2) is 41.9 Å². The van der Waals surface area contributed by atoms with Gasteiger partial charge in [0.2, 0.25) is 0 Å². The molecule has 0 saturated carbocycles. The topological polar surface area (TPSA) is 72.2 Å². The van der Waals surface area contributed by atoms with Gasteiger partial charge in [0, 0.05) is 5.56 Å². The molecule has 0 radical (unpaired) electrons. The number of benzene rings is 2. The molecule has 0 N–H and O–H groups in total. The number of hydrogen-bond acceptors (Lipinski definition) is 6. The zero-order chi connectivity index (χ0) is 18.5. The monoisotopic (exact) mass is 366 g/mol.